The summed E-state index contributed by atoms with van der Waals surface area (Å²) in [4.78, 5) is 57.4. The second kappa shape index (κ2) is 11.1. The zero-order chi connectivity index (χ0) is 24.8. The van der Waals surface area contributed by atoms with E-state index in [9.17, 15) is 24.3 Å². The van der Waals surface area contributed by atoms with E-state index in [1.807, 2.05) is 0 Å². The van der Waals surface area contributed by atoms with Gasteiger partial charge < -0.3 is 24.1 Å². The van der Waals surface area contributed by atoms with Crippen molar-refractivity contribution in [1.29, 1.82) is 0 Å². The van der Waals surface area contributed by atoms with Crippen LogP contribution in [-0.4, -0.2) is 59.3 Å². The monoisotopic (exact) mass is 469 g/mol. The molecule has 0 aromatic heterocycles. The molecule has 2 N–H and O–H groups in total. The summed E-state index contributed by atoms with van der Waals surface area (Å²) in [5.74, 6) is -4.16. The molecule has 0 spiro atoms. The van der Waals surface area contributed by atoms with Crippen molar-refractivity contribution in [2.24, 2.45) is 0 Å². The van der Waals surface area contributed by atoms with E-state index in [-0.39, 0.29) is 12.3 Å². The van der Waals surface area contributed by atoms with Crippen LogP contribution in [0, 0.1) is 0 Å². The minimum Gasteiger partial charge on any atom is -0.456 e. The van der Waals surface area contributed by atoms with Crippen molar-refractivity contribution in [3.05, 3.63) is 29.8 Å². The fourth-order valence-electron chi connectivity index (χ4n) is 3.37. The number of aliphatic hydroxyl groups excluding tert-OH is 1. The fourth-order valence-corrected chi connectivity index (χ4v) is 3.37. The van der Waals surface area contributed by atoms with Gasteiger partial charge in [-0.05, 0) is 19.9 Å². The molecule has 1 saturated heterocycles. The lowest BCUT2D eigenvalue weighted by Crippen LogP contribution is -2.66. The smallest absolute Gasteiger partial charge is 0.443 e. The third-order valence-electron chi connectivity index (χ3n) is 4.63. The Morgan fingerprint density at radius 2 is 1.58 bits per heavy atom. The van der Waals surface area contributed by atoms with E-state index in [2.05, 4.69) is 5.32 Å². The standard InChI is InChI=1S/C21H27NO11/c1-11-17(28-12(2)24)18(29-13(3)25)19(30-14(4)26)21(5,31-11)33-32-20(27)22-16-9-7-6-8-15(16)10-23/h6-9,11,17-19,23H,10H2,1-5H3,(H,22,27)/t11-,17-,18+,19-,21+/m1/s1. The molecular formula is C21H27NO11. The zero-order valence-corrected chi connectivity index (χ0v) is 18.9. The number of benzene rings is 1. The van der Waals surface area contributed by atoms with Gasteiger partial charge in [-0.2, -0.15) is 0 Å². The molecule has 182 valence electrons. The Labute approximate surface area is 190 Å². The second-order valence-electron chi connectivity index (χ2n) is 7.41. The number of carbonyl (C=O) groups excluding carboxylic acids is 4. The van der Waals surface area contributed by atoms with Crippen molar-refractivity contribution in [3.8, 4) is 0 Å². The predicted molar refractivity (Wildman–Crippen MR) is 109 cm³/mol. The lowest BCUT2D eigenvalue weighted by atomic mass is 9.93. The van der Waals surface area contributed by atoms with Crippen LogP contribution in [0.5, 0.6) is 0 Å². The van der Waals surface area contributed by atoms with Crippen molar-refractivity contribution < 1.29 is 53.0 Å². The topological polar surface area (TPSA) is 156 Å². The highest BCUT2D eigenvalue weighted by molar-refractivity contribution is 5.85. The van der Waals surface area contributed by atoms with Gasteiger partial charge in [0.1, 0.15) is 0 Å². The number of nitrogens with one attached hydrogen (secondary N) is 1. The third kappa shape index (κ3) is 6.88. The van der Waals surface area contributed by atoms with Gasteiger partial charge in [0.05, 0.1) is 12.7 Å². The molecule has 1 aliphatic rings. The molecule has 1 fully saturated rings. The molecule has 33 heavy (non-hydrogen) atoms. The molecule has 2 rings (SSSR count). The van der Waals surface area contributed by atoms with Crippen molar-refractivity contribution in [2.75, 3.05) is 5.32 Å². The van der Waals surface area contributed by atoms with E-state index < -0.39 is 54.2 Å². The van der Waals surface area contributed by atoms with E-state index in [1.165, 1.54) is 19.9 Å². The van der Waals surface area contributed by atoms with Gasteiger partial charge in [-0.25, -0.2) is 4.79 Å². The van der Waals surface area contributed by atoms with Crippen molar-refractivity contribution in [1.82, 2.24) is 0 Å². The molecule has 5 atom stereocenters. The lowest BCUT2D eigenvalue weighted by molar-refractivity contribution is -0.445. The number of anilines is 1. The van der Waals surface area contributed by atoms with Gasteiger partial charge in [-0.15, -0.1) is 4.89 Å². The average molecular weight is 469 g/mol. The highest BCUT2D eigenvalue weighted by atomic mass is 17.2. The van der Waals surface area contributed by atoms with E-state index in [1.54, 1.807) is 18.2 Å². The number of hydrogen-bond acceptors (Lipinski definition) is 11. The Morgan fingerprint density at radius 3 is 2.15 bits per heavy atom. The third-order valence-corrected chi connectivity index (χ3v) is 4.63. The zero-order valence-electron chi connectivity index (χ0n) is 18.9. The van der Waals surface area contributed by atoms with Crippen LogP contribution in [-0.2, 0) is 49.7 Å². The molecule has 0 aliphatic carbocycles. The summed E-state index contributed by atoms with van der Waals surface area (Å²) < 4.78 is 21.5. The average Bonchev–Trinajstić information content (AvgIpc) is 2.72. The number of para-hydroxylation sites is 1. The molecule has 1 aromatic carbocycles. The molecule has 1 aromatic rings. The number of amides is 1. The van der Waals surface area contributed by atoms with Crippen LogP contribution in [0.1, 0.15) is 40.2 Å². The first-order valence-electron chi connectivity index (χ1n) is 10.0. The Morgan fingerprint density at radius 1 is 1.00 bits per heavy atom. The number of esters is 3. The van der Waals surface area contributed by atoms with Gasteiger partial charge in [0.25, 0.3) is 5.79 Å². The van der Waals surface area contributed by atoms with Crippen LogP contribution in [0.25, 0.3) is 0 Å². The number of aliphatic hydroxyl groups is 1. The van der Waals surface area contributed by atoms with E-state index in [0.29, 0.717) is 5.56 Å². The molecule has 1 amide bonds. The van der Waals surface area contributed by atoms with Crippen molar-refractivity contribution in [2.45, 2.75) is 71.4 Å². The highest BCUT2D eigenvalue weighted by Gasteiger charge is 2.59. The summed E-state index contributed by atoms with van der Waals surface area (Å²) in [6.07, 6.45) is -5.93. The summed E-state index contributed by atoms with van der Waals surface area (Å²) in [6, 6.07) is 6.45. The maximum atomic E-state index is 12.3. The first-order chi connectivity index (χ1) is 15.5. The number of ether oxygens (including phenoxy) is 4. The maximum absolute atomic E-state index is 12.3. The lowest BCUT2D eigenvalue weighted by Gasteiger charge is -2.47. The summed E-state index contributed by atoms with van der Waals surface area (Å²) in [6.45, 7) is 5.85. The van der Waals surface area contributed by atoms with Crippen LogP contribution >= 0.6 is 0 Å². The minimum atomic E-state index is -1.95. The van der Waals surface area contributed by atoms with Crippen LogP contribution in [0.4, 0.5) is 10.5 Å². The van der Waals surface area contributed by atoms with Gasteiger partial charge in [-0.3, -0.25) is 24.6 Å². The van der Waals surface area contributed by atoms with E-state index >= 15 is 0 Å². The summed E-state index contributed by atoms with van der Waals surface area (Å²) in [5.41, 5.74) is 0.709. The van der Waals surface area contributed by atoms with Crippen molar-refractivity contribution in [3.63, 3.8) is 0 Å². The van der Waals surface area contributed by atoms with Gasteiger partial charge >= 0.3 is 24.0 Å². The molecular weight excluding hydrogens is 442 g/mol. The van der Waals surface area contributed by atoms with Crippen LogP contribution < -0.4 is 5.32 Å². The quantitative estimate of drug-likeness (QED) is 0.259. The van der Waals surface area contributed by atoms with E-state index in [0.717, 1.165) is 20.8 Å². The molecule has 12 heteroatoms. The van der Waals surface area contributed by atoms with Gasteiger partial charge in [0.2, 0.25) is 0 Å². The predicted octanol–water partition coefficient (Wildman–Crippen LogP) is 1.59. The molecule has 0 unspecified atom stereocenters. The maximum Gasteiger partial charge on any atom is 0.443 e. The molecule has 1 heterocycles. The normalized spacial score (nSPS) is 26.6. The Bertz CT molecular complexity index is 889. The Kier molecular flexibility index (Phi) is 8.74. The molecule has 0 bridgehead atoms. The fraction of sp³-hybridized carbons (Fsp3) is 0.524. The Hall–Kier alpha value is -3.22. The van der Waals surface area contributed by atoms with Crippen LogP contribution in [0.2, 0.25) is 0 Å². The molecule has 0 radical (unpaired) electrons. The SMILES string of the molecule is CC(=O)O[C@H]1[C@H](OC(C)=O)[C@@H](C)O[C@@](C)(OOC(=O)Nc2ccccc2CO)[C@@H]1OC(C)=O. The van der Waals surface area contributed by atoms with Crippen LogP contribution in [0.3, 0.4) is 0 Å². The second-order valence-corrected chi connectivity index (χ2v) is 7.41. The number of rotatable bonds is 7. The number of hydrogen-bond donors (Lipinski definition) is 2. The highest BCUT2D eigenvalue weighted by Crippen LogP contribution is 2.36. The minimum absolute atomic E-state index is 0.279. The van der Waals surface area contributed by atoms with E-state index in [4.69, 9.17) is 28.7 Å². The van der Waals surface area contributed by atoms with Gasteiger partial charge in [0.15, 0.2) is 18.3 Å². The van der Waals surface area contributed by atoms with Gasteiger partial charge in [-0.1, -0.05) is 18.2 Å². The number of carbonyl (C=O) groups is 4. The summed E-state index contributed by atoms with van der Waals surface area (Å²) >= 11 is 0. The molecule has 1 aliphatic heterocycles. The molecule has 0 saturated carbocycles. The first kappa shape index (κ1) is 26.0. The Balaban J connectivity index is 2.26. The van der Waals surface area contributed by atoms with Crippen LogP contribution in [0.15, 0.2) is 24.3 Å². The largest absolute Gasteiger partial charge is 0.456 e. The summed E-state index contributed by atoms with van der Waals surface area (Å²) in [7, 11) is 0. The van der Waals surface area contributed by atoms with Crippen molar-refractivity contribution >= 4 is 29.7 Å². The molecule has 12 nitrogen and oxygen atoms in total. The summed E-state index contributed by atoms with van der Waals surface area (Å²) in [5, 5.41) is 11.8. The van der Waals surface area contributed by atoms with Gasteiger partial charge in [0, 0.05) is 32.0 Å². The first-order valence-corrected chi connectivity index (χ1v) is 10.0.